The van der Waals surface area contributed by atoms with Crippen molar-refractivity contribution in [1.29, 1.82) is 0 Å². The van der Waals surface area contributed by atoms with Crippen LogP contribution in [0.15, 0.2) is 61.1 Å². The predicted molar refractivity (Wildman–Crippen MR) is 104 cm³/mol. The molecule has 1 aliphatic carbocycles. The molecule has 0 saturated heterocycles. The summed E-state index contributed by atoms with van der Waals surface area (Å²) in [6.45, 7) is 0. The van der Waals surface area contributed by atoms with Gasteiger partial charge in [0.25, 0.3) is 0 Å². The molecule has 4 rings (SSSR count). The number of amides is 1. The Morgan fingerprint density at radius 2 is 1.93 bits per heavy atom. The van der Waals surface area contributed by atoms with Gasteiger partial charge in [0.2, 0.25) is 5.91 Å². The minimum atomic E-state index is 0.00325. The lowest BCUT2D eigenvalue weighted by Gasteiger charge is -2.25. The van der Waals surface area contributed by atoms with E-state index >= 15 is 0 Å². The van der Waals surface area contributed by atoms with Crippen molar-refractivity contribution in [2.75, 3.05) is 0 Å². The van der Waals surface area contributed by atoms with E-state index in [0.717, 1.165) is 53.9 Å². The summed E-state index contributed by atoms with van der Waals surface area (Å²) in [7, 11) is 0. The first-order chi connectivity index (χ1) is 13.3. The van der Waals surface area contributed by atoms with Gasteiger partial charge in [-0.1, -0.05) is 30.3 Å². The number of carbonyl (C=O) groups excluding carboxylic acids is 1. The van der Waals surface area contributed by atoms with E-state index in [2.05, 4.69) is 15.3 Å². The van der Waals surface area contributed by atoms with Crippen LogP contribution in [0.25, 0.3) is 11.4 Å². The number of aryl methyl sites for hydroxylation is 2. The Balaban J connectivity index is 1.44. The lowest BCUT2D eigenvalue weighted by atomic mass is 9.92. The van der Waals surface area contributed by atoms with Gasteiger partial charge in [-0.25, -0.2) is 9.97 Å². The molecular weight excluding hydrogens is 336 g/mol. The average molecular weight is 358 g/mol. The Morgan fingerprint density at radius 3 is 2.74 bits per heavy atom. The van der Waals surface area contributed by atoms with Gasteiger partial charge in [0.05, 0.1) is 6.04 Å². The molecule has 3 aromatic rings. The highest BCUT2D eigenvalue weighted by molar-refractivity contribution is 5.76. The van der Waals surface area contributed by atoms with E-state index in [1.165, 1.54) is 0 Å². The number of rotatable bonds is 5. The van der Waals surface area contributed by atoms with Gasteiger partial charge in [0.1, 0.15) is 0 Å². The summed E-state index contributed by atoms with van der Waals surface area (Å²) in [5.74, 6) is 0.816. The van der Waals surface area contributed by atoms with E-state index < -0.39 is 0 Å². The van der Waals surface area contributed by atoms with Gasteiger partial charge in [0.15, 0.2) is 5.82 Å². The SMILES string of the molecule is O=C(CCc1ccncc1)N[C@@H]1CCCc2nc(-c3ccccc3)ncc21. The third-order valence-corrected chi connectivity index (χ3v) is 4.94. The molecule has 1 atom stereocenters. The number of benzene rings is 1. The lowest BCUT2D eigenvalue weighted by molar-refractivity contribution is -0.121. The fourth-order valence-electron chi connectivity index (χ4n) is 3.50. The number of carbonyl (C=O) groups is 1. The molecule has 2 aromatic heterocycles. The largest absolute Gasteiger partial charge is 0.349 e. The Bertz CT molecular complexity index is 912. The van der Waals surface area contributed by atoms with Crippen molar-refractivity contribution in [2.24, 2.45) is 0 Å². The van der Waals surface area contributed by atoms with E-state index in [1.807, 2.05) is 48.7 Å². The maximum atomic E-state index is 12.4. The van der Waals surface area contributed by atoms with Gasteiger partial charge >= 0.3 is 0 Å². The van der Waals surface area contributed by atoms with Gasteiger partial charge < -0.3 is 5.32 Å². The van der Waals surface area contributed by atoms with Crippen molar-refractivity contribution in [1.82, 2.24) is 20.3 Å². The van der Waals surface area contributed by atoms with Gasteiger partial charge in [-0.3, -0.25) is 9.78 Å². The molecule has 2 heterocycles. The second-order valence-electron chi connectivity index (χ2n) is 6.83. The molecule has 1 aliphatic rings. The van der Waals surface area contributed by atoms with Crippen LogP contribution in [0.3, 0.4) is 0 Å². The van der Waals surface area contributed by atoms with Gasteiger partial charge in [-0.2, -0.15) is 0 Å². The van der Waals surface area contributed by atoms with E-state index in [1.54, 1.807) is 12.4 Å². The number of hydrogen-bond donors (Lipinski definition) is 1. The fourth-order valence-corrected chi connectivity index (χ4v) is 3.50. The molecule has 0 fully saturated rings. The van der Waals surface area contributed by atoms with Crippen molar-refractivity contribution in [3.8, 4) is 11.4 Å². The molecule has 27 heavy (non-hydrogen) atoms. The summed E-state index contributed by atoms with van der Waals surface area (Å²) >= 11 is 0. The second-order valence-corrected chi connectivity index (χ2v) is 6.83. The molecule has 5 nitrogen and oxygen atoms in total. The molecule has 0 unspecified atom stereocenters. The topological polar surface area (TPSA) is 67.8 Å². The number of nitrogens with one attached hydrogen (secondary N) is 1. The van der Waals surface area contributed by atoms with Gasteiger partial charge in [-0.05, 0) is 43.4 Å². The average Bonchev–Trinajstić information content (AvgIpc) is 2.73. The molecule has 1 N–H and O–H groups in total. The highest BCUT2D eigenvalue weighted by atomic mass is 16.1. The smallest absolute Gasteiger partial charge is 0.220 e. The lowest BCUT2D eigenvalue weighted by Crippen LogP contribution is -2.31. The minimum absolute atomic E-state index is 0.00325. The molecule has 0 bridgehead atoms. The summed E-state index contributed by atoms with van der Waals surface area (Å²) in [6.07, 6.45) is 9.48. The van der Waals surface area contributed by atoms with E-state index in [9.17, 15) is 4.79 Å². The third kappa shape index (κ3) is 4.19. The normalized spacial score (nSPS) is 15.8. The van der Waals surface area contributed by atoms with E-state index in [4.69, 9.17) is 4.98 Å². The van der Waals surface area contributed by atoms with E-state index in [0.29, 0.717) is 6.42 Å². The first-order valence-electron chi connectivity index (χ1n) is 9.39. The van der Waals surface area contributed by atoms with Crippen molar-refractivity contribution < 1.29 is 4.79 Å². The van der Waals surface area contributed by atoms with E-state index in [-0.39, 0.29) is 11.9 Å². The summed E-state index contributed by atoms with van der Waals surface area (Å²) in [5.41, 5.74) is 4.25. The van der Waals surface area contributed by atoms with Crippen LogP contribution in [0.2, 0.25) is 0 Å². The first-order valence-corrected chi connectivity index (χ1v) is 9.39. The summed E-state index contributed by atoms with van der Waals surface area (Å²) < 4.78 is 0. The Kier molecular flexibility index (Phi) is 5.19. The molecule has 1 amide bonds. The quantitative estimate of drug-likeness (QED) is 0.756. The van der Waals surface area contributed by atoms with Crippen LogP contribution >= 0.6 is 0 Å². The molecule has 1 aromatic carbocycles. The third-order valence-electron chi connectivity index (χ3n) is 4.94. The predicted octanol–water partition coefficient (Wildman–Crippen LogP) is 3.67. The second kappa shape index (κ2) is 8.08. The monoisotopic (exact) mass is 358 g/mol. The standard InChI is InChI=1S/C22H22N4O/c27-21(10-9-16-11-13-23-14-12-16)25-19-7-4-8-20-18(19)15-24-22(26-20)17-5-2-1-3-6-17/h1-3,5-6,11-15,19H,4,7-10H2,(H,25,27)/t19-/m1/s1. The molecule has 0 radical (unpaired) electrons. The fraction of sp³-hybridized carbons (Fsp3) is 0.273. The van der Waals surface area contributed by atoms with Crippen molar-refractivity contribution in [3.63, 3.8) is 0 Å². The maximum Gasteiger partial charge on any atom is 0.220 e. The summed E-state index contributed by atoms with van der Waals surface area (Å²) in [5, 5.41) is 3.17. The zero-order valence-corrected chi connectivity index (χ0v) is 15.1. The van der Waals surface area contributed by atoms with Crippen LogP contribution in [-0.2, 0) is 17.6 Å². The first kappa shape index (κ1) is 17.3. The van der Waals surface area contributed by atoms with Crippen molar-refractivity contribution >= 4 is 5.91 Å². The number of pyridine rings is 1. The molecule has 136 valence electrons. The van der Waals surface area contributed by atoms with Crippen LogP contribution in [0.5, 0.6) is 0 Å². The molecule has 0 aliphatic heterocycles. The minimum Gasteiger partial charge on any atom is -0.349 e. The molecular formula is C22H22N4O. The Hall–Kier alpha value is -3.08. The van der Waals surface area contributed by atoms with Crippen molar-refractivity contribution in [2.45, 2.75) is 38.1 Å². The van der Waals surface area contributed by atoms with Crippen LogP contribution < -0.4 is 5.32 Å². The number of aromatic nitrogens is 3. The maximum absolute atomic E-state index is 12.4. The highest BCUT2D eigenvalue weighted by Crippen LogP contribution is 2.29. The van der Waals surface area contributed by atoms with Gasteiger partial charge in [0, 0.05) is 41.8 Å². The number of hydrogen-bond acceptors (Lipinski definition) is 4. The molecule has 0 spiro atoms. The van der Waals surface area contributed by atoms with Crippen LogP contribution in [0, 0.1) is 0 Å². The van der Waals surface area contributed by atoms with Crippen LogP contribution in [0.4, 0.5) is 0 Å². The summed E-state index contributed by atoms with van der Waals surface area (Å²) in [4.78, 5) is 25.7. The molecule has 0 saturated carbocycles. The van der Waals surface area contributed by atoms with Crippen LogP contribution in [-0.4, -0.2) is 20.9 Å². The number of fused-ring (bicyclic) bond motifs is 1. The zero-order chi connectivity index (χ0) is 18.5. The molecule has 5 heteroatoms. The summed E-state index contributed by atoms with van der Waals surface area (Å²) in [6, 6.07) is 13.9. The van der Waals surface area contributed by atoms with Crippen LogP contribution in [0.1, 0.15) is 42.1 Å². The zero-order valence-electron chi connectivity index (χ0n) is 15.1. The van der Waals surface area contributed by atoms with Crippen molar-refractivity contribution in [3.05, 3.63) is 77.9 Å². The number of nitrogens with zero attached hydrogens (tertiary/aromatic N) is 3. The Labute approximate surface area is 158 Å². The Morgan fingerprint density at radius 1 is 1.11 bits per heavy atom. The van der Waals surface area contributed by atoms with Gasteiger partial charge in [-0.15, -0.1) is 0 Å². The highest BCUT2D eigenvalue weighted by Gasteiger charge is 2.23.